The molecule has 0 spiro atoms. The van der Waals surface area contributed by atoms with Crippen LogP contribution in [-0.2, 0) is 4.79 Å². The predicted molar refractivity (Wildman–Crippen MR) is 48.8 cm³/mol. The molecule has 1 rings (SSSR count). The van der Waals surface area contributed by atoms with Gasteiger partial charge in [-0.15, -0.1) is 0 Å². The minimum absolute atomic E-state index is 0.0417. The highest BCUT2D eigenvalue weighted by Crippen LogP contribution is 2.07. The van der Waals surface area contributed by atoms with Gasteiger partial charge in [0.2, 0.25) is 5.91 Å². The number of amides is 1. The SMILES string of the molecule is N#Cc1ccc(NC(=O)CN)cc1. The van der Waals surface area contributed by atoms with Crippen molar-refractivity contribution in [3.8, 4) is 6.07 Å². The Morgan fingerprint density at radius 3 is 2.54 bits per heavy atom. The lowest BCUT2D eigenvalue weighted by Gasteiger charge is -2.01. The minimum Gasteiger partial charge on any atom is -0.325 e. The fraction of sp³-hybridized carbons (Fsp3) is 0.111. The molecule has 4 heteroatoms. The largest absolute Gasteiger partial charge is 0.325 e. The molecule has 0 bridgehead atoms. The first-order chi connectivity index (χ1) is 6.26. The summed E-state index contributed by atoms with van der Waals surface area (Å²) in [6.45, 7) is -0.0417. The second-order valence-electron chi connectivity index (χ2n) is 2.44. The molecule has 1 aromatic rings. The summed E-state index contributed by atoms with van der Waals surface area (Å²) in [4.78, 5) is 10.8. The van der Waals surface area contributed by atoms with E-state index >= 15 is 0 Å². The Kier molecular flexibility index (Phi) is 3.01. The van der Waals surface area contributed by atoms with E-state index in [0.717, 1.165) is 0 Å². The number of nitrogens with one attached hydrogen (secondary N) is 1. The van der Waals surface area contributed by atoms with Crippen LogP contribution in [0, 0.1) is 11.3 Å². The van der Waals surface area contributed by atoms with E-state index in [9.17, 15) is 4.79 Å². The smallest absolute Gasteiger partial charge is 0.238 e. The van der Waals surface area contributed by atoms with E-state index in [0.29, 0.717) is 11.3 Å². The van der Waals surface area contributed by atoms with Crippen LogP contribution in [0.25, 0.3) is 0 Å². The highest BCUT2D eigenvalue weighted by atomic mass is 16.1. The molecule has 0 aromatic heterocycles. The average molecular weight is 175 g/mol. The number of nitriles is 1. The van der Waals surface area contributed by atoms with Gasteiger partial charge < -0.3 is 11.1 Å². The van der Waals surface area contributed by atoms with Crippen molar-refractivity contribution in [1.82, 2.24) is 0 Å². The van der Waals surface area contributed by atoms with E-state index in [2.05, 4.69) is 5.32 Å². The molecule has 0 heterocycles. The maximum atomic E-state index is 10.8. The van der Waals surface area contributed by atoms with Gasteiger partial charge in [-0.25, -0.2) is 0 Å². The molecule has 0 atom stereocenters. The Labute approximate surface area is 76.0 Å². The lowest BCUT2D eigenvalue weighted by Crippen LogP contribution is -2.21. The topological polar surface area (TPSA) is 78.9 Å². The maximum Gasteiger partial charge on any atom is 0.238 e. The highest BCUT2D eigenvalue weighted by molar-refractivity contribution is 5.92. The first kappa shape index (κ1) is 9.23. The van der Waals surface area contributed by atoms with Gasteiger partial charge in [-0.2, -0.15) is 5.26 Å². The van der Waals surface area contributed by atoms with E-state index in [1.54, 1.807) is 24.3 Å². The number of hydrogen-bond donors (Lipinski definition) is 2. The van der Waals surface area contributed by atoms with Crippen molar-refractivity contribution in [2.24, 2.45) is 5.73 Å². The average Bonchev–Trinajstić information content (AvgIpc) is 2.19. The monoisotopic (exact) mass is 175 g/mol. The maximum absolute atomic E-state index is 10.8. The Morgan fingerprint density at radius 1 is 1.46 bits per heavy atom. The van der Waals surface area contributed by atoms with Gasteiger partial charge >= 0.3 is 0 Å². The summed E-state index contributed by atoms with van der Waals surface area (Å²) >= 11 is 0. The summed E-state index contributed by atoms with van der Waals surface area (Å²) in [6.07, 6.45) is 0. The van der Waals surface area contributed by atoms with E-state index in [-0.39, 0.29) is 12.5 Å². The van der Waals surface area contributed by atoms with Gasteiger partial charge in [0, 0.05) is 5.69 Å². The van der Waals surface area contributed by atoms with Crippen LogP contribution >= 0.6 is 0 Å². The van der Waals surface area contributed by atoms with Gasteiger partial charge in [-0.05, 0) is 24.3 Å². The molecule has 0 saturated heterocycles. The number of benzene rings is 1. The number of nitrogens with zero attached hydrogens (tertiary/aromatic N) is 1. The van der Waals surface area contributed by atoms with Crippen molar-refractivity contribution in [3.63, 3.8) is 0 Å². The normalized spacial score (nSPS) is 8.92. The second-order valence-corrected chi connectivity index (χ2v) is 2.44. The molecule has 1 aromatic carbocycles. The number of rotatable bonds is 2. The van der Waals surface area contributed by atoms with Gasteiger partial charge in [-0.1, -0.05) is 0 Å². The van der Waals surface area contributed by atoms with Crippen LogP contribution in [0.2, 0.25) is 0 Å². The van der Waals surface area contributed by atoms with Crippen LogP contribution in [0.15, 0.2) is 24.3 Å². The van der Waals surface area contributed by atoms with E-state index in [1.165, 1.54) is 0 Å². The number of hydrogen-bond acceptors (Lipinski definition) is 3. The molecular formula is C9H9N3O. The molecule has 1 amide bonds. The van der Waals surface area contributed by atoms with Crippen molar-refractivity contribution in [2.75, 3.05) is 11.9 Å². The minimum atomic E-state index is -0.246. The third kappa shape index (κ3) is 2.58. The molecular weight excluding hydrogens is 166 g/mol. The second kappa shape index (κ2) is 4.24. The Bertz CT molecular complexity index is 337. The standard InChI is InChI=1S/C9H9N3O/c10-5-7-1-3-8(4-2-7)12-9(13)6-11/h1-4H,6,11H2,(H,12,13). The number of carbonyl (C=O) groups excluding carboxylic acids is 1. The zero-order valence-corrected chi connectivity index (χ0v) is 6.95. The van der Waals surface area contributed by atoms with Gasteiger partial charge in [0.1, 0.15) is 0 Å². The van der Waals surface area contributed by atoms with Crippen LogP contribution < -0.4 is 11.1 Å². The van der Waals surface area contributed by atoms with Gasteiger partial charge in [0.15, 0.2) is 0 Å². The summed E-state index contributed by atoms with van der Waals surface area (Å²) in [5.41, 5.74) is 6.32. The summed E-state index contributed by atoms with van der Waals surface area (Å²) in [6, 6.07) is 8.56. The predicted octanol–water partition coefficient (Wildman–Crippen LogP) is 0.455. The third-order valence-electron chi connectivity index (χ3n) is 1.48. The van der Waals surface area contributed by atoms with Crippen molar-refractivity contribution in [3.05, 3.63) is 29.8 Å². The molecule has 0 unspecified atom stereocenters. The first-order valence-electron chi connectivity index (χ1n) is 3.76. The fourth-order valence-electron chi connectivity index (χ4n) is 0.840. The summed E-state index contributed by atoms with van der Waals surface area (Å²) < 4.78 is 0. The molecule has 0 aliphatic rings. The number of carbonyl (C=O) groups is 1. The van der Waals surface area contributed by atoms with Gasteiger partial charge in [0.05, 0.1) is 18.2 Å². The number of nitrogens with two attached hydrogens (primary N) is 1. The van der Waals surface area contributed by atoms with E-state index in [4.69, 9.17) is 11.0 Å². The Hall–Kier alpha value is -1.86. The lowest BCUT2D eigenvalue weighted by molar-refractivity contribution is -0.114. The van der Waals surface area contributed by atoms with Gasteiger partial charge in [-0.3, -0.25) is 4.79 Å². The molecule has 0 aliphatic carbocycles. The third-order valence-corrected chi connectivity index (χ3v) is 1.48. The van der Waals surface area contributed by atoms with Crippen molar-refractivity contribution >= 4 is 11.6 Å². The number of anilines is 1. The van der Waals surface area contributed by atoms with Crippen LogP contribution in [0.3, 0.4) is 0 Å². The van der Waals surface area contributed by atoms with E-state index in [1.807, 2.05) is 6.07 Å². The quantitative estimate of drug-likeness (QED) is 0.685. The molecule has 4 nitrogen and oxygen atoms in total. The zero-order chi connectivity index (χ0) is 9.68. The summed E-state index contributed by atoms with van der Waals surface area (Å²) in [5, 5.41) is 11.1. The highest BCUT2D eigenvalue weighted by Gasteiger charge is 1.97. The van der Waals surface area contributed by atoms with Crippen LogP contribution in [0.1, 0.15) is 5.56 Å². The lowest BCUT2D eigenvalue weighted by atomic mass is 10.2. The van der Waals surface area contributed by atoms with Crippen molar-refractivity contribution < 1.29 is 4.79 Å². The van der Waals surface area contributed by atoms with Crippen LogP contribution in [-0.4, -0.2) is 12.5 Å². The van der Waals surface area contributed by atoms with Crippen LogP contribution in [0.5, 0.6) is 0 Å². The first-order valence-corrected chi connectivity index (χ1v) is 3.76. The zero-order valence-electron chi connectivity index (χ0n) is 6.95. The van der Waals surface area contributed by atoms with Gasteiger partial charge in [0.25, 0.3) is 0 Å². The summed E-state index contributed by atoms with van der Waals surface area (Å²) in [7, 11) is 0. The molecule has 66 valence electrons. The molecule has 0 saturated carbocycles. The Balaban J connectivity index is 2.71. The summed E-state index contributed by atoms with van der Waals surface area (Å²) in [5.74, 6) is -0.246. The molecule has 0 fully saturated rings. The molecule has 3 N–H and O–H groups in total. The van der Waals surface area contributed by atoms with E-state index < -0.39 is 0 Å². The van der Waals surface area contributed by atoms with Crippen molar-refractivity contribution in [2.45, 2.75) is 0 Å². The van der Waals surface area contributed by atoms with Crippen molar-refractivity contribution in [1.29, 1.82) is 5.26 Å². The molecule has 0 radical (unpaired) electrons. The molecule has 0 aliphatic heterocycles. The van der Waals surface area contributed by atoms with Crippen LogP contribution in [0.4, 0.5) is 5.69 Å². The Morgan fingerprint density at radius 2 is 2.08 bits per heavy atom. The molecule has 13 heavy (non-hydrogen) atoms. The fourth-order valence-corrected chi connectivity index (χ4v) is 0.840.